The van der Waals surface area contributed by atoms with Crippen LogP contribution in [0.15, 0.2) is 0 Å². The summed E-state index contributed by atoms with van der Waals surface area (Å²) in [6.07, 6.45) is 1.10. The summed E-state index contributed by atoms with van der Waals surface area (Å²) in [4.78, 5) is 11.5. The molecule has 1 fully saturated rings. The number of carbonyl (C=O) groups excluding carboxylic acids is 1. The van der Waals surface area contributed by atoms with Crippen molar-refractivity contribution in [1.29, 1.82) is 0 Å². The Morgan fingerprint density at radius 2 is 1.32 bits per heavy atom. The van der Waals surface area contributed by atoms with Gasteiger partial charge in [0.05, 0.1) is 79.1 Å². The van der Waals surface area contributed by atoms with Crippen molar-refractivity contribution in [2.24, 2.45) is 0 Å². The van der Waals surface area contributed by atoms with Crippen LogP contribution in [-0.2, 0) is 42.3 Å². The molecule has 0 spiro atoms. The fraction of sp³-hybridized carbons (Fsp3) is 0.955. The van der Waals surface area contributed by atoms with Crippen LogP contribution in [0.5, 0.6) is 0 Å². The van der Waals surface area contributed by atoms with Gasteiger partial charge in [-0.3, -0.25) is 9.36 Å². The third kappa shape index (κ3) is 14.7. The predicted octanol–water partition coefficient (Wildman–Crippen LogP) is 2.19. The minimum atomic E-state index is -2.89. The number of nitrogens with zero attached hydrogens (tertiary/aromatic N) is 2. The van der Waals surface area contributed by atoms with Crippen molar-refractivity contribution in [3.8, 4) is 0 Å². The van der Waals surface area contributed by atoms with Gasteiger partial charge >= 0.3 is 13.6 Å². The van der Waals surface area contributed by atoms with Gasteiger partial charge in [-0.15, -0.1) is 0 Å². The Labute approximate surface area is 204 Å². The Bertz CT molecular complexity index is 587. The zero-order chi connectivity index (χ0) is 25.3. The van der Waals surface area contributed by atoms with E-state index >= 15 is 0 Å². The summed E-state index contributed by atoms with van der Waals surface area (Å²) < 4.78 is 54.3. The molecule has 0 saturated carbocycles. The topological polar surface area (TPSA) is 105 Å². The lowest BCUT2D eigenvalue weighted by molar-refractivity contribution is -0.156. The van der Waals surface area contributed by atoms with Gasteiger partial charge in [-0.05, 0) is 41.3 Å². The van der Waals surface area contributed by atoms with Crippen molar-refractivity contribution < 1.29 is 42.3 Å². The number of hydrogen-bond donors (Lipinski definition) is 0. The fourth-order valence-electron chi connectivity index (χ4n) is 2.94. The van der Waals surface area contributed by atoms with Crippen molar-refractivity contribution in [2.75, 3.05) is 99.9 Å². The lowest BCUT2D eigenvalue weighted by Gasteiger charge is -2.37. The average molecular weight is 513 g/mol. The van der Waals surface area contributed by atoms with Crippen molar-refractivity contribution in [3.63, 3.8) is 0 Å². The van der Waals surface area contributed by atoms with Crippen LogP contribution in [0.2, 0.25) is 0 Å². The number of hydrogen-bond acceptors (Lipinski definition) is 9. The van der Waals surface area contributed by atoms with Crippen molar-refractivity contribution in [2.45, 2.75) is 39.2 Å². The largest absolute Gasteiger partial charge is 0.460 e. The van der Waals surface area contributed by atoms with Crippen LogP contribution in [0.1, 0.15) is 33.6 Å². The first-order valence-corrected chi connectivity index (χ1v) is 13.5. The van der Waals surface area contributed by atoms with E-state index in [2.05, 4.69) is 0 Å². The summed E-state index contributed by atoms with van der Waals surface area (Å²) in [5, 5.41) is 0. The molecule has 1 saturated heterocycles. The van der Waals surface area contributed by atoms with E-state index in [0.29, 0.717) is 79.2 Å². The summed E-state index contributed by atoms with van der Waals surface area (Å²) in [5.41, 5.74) is -0.470. The van der Waals surface area contributed by atoms with E-state index in [-0.39, 0.29) is 12.4 Å². The molecule has 34 heavy (non-hydrogen) atoms. The highest BCUT2D eigenvalue weighted by Gasteiger charge is 2.36. The molecule has 0 bridgehead atoms. The molecule has 1 heterocycles. The number of ether oxygens (including phenoxy) is 6. The SMILES string of the molecule is CN(C)P1(=O)OCCCN1CCOCCOCCOCCOCCOCCC(=O)OC(C)(C)C. The minimum Gasteiger partial charge on any atom is -0.460 e. The minimum absolute atomic E-state index is 0.233. The molecule has 0 radical (unpaired) electrons. The average Bonchev–Trinajstić information content (AvgIpc) is 2.75. The first-order chi connectivity index (χ1) is 16.1. The summed E-state index contributed by atoms with van der Waals surface area (Å²) in [5.74, 6) is -0.264. The van der Waals surface area contributed by atoms with Gasteiger partial charge in [-0.25, -0.2) is 9.34 Å². The van der Waals surface area contributed by atoms with Crippen LogP contribution >= 0.6 is 7.67 Å². The fourth-order valence-corrected chi connectivity index (χ4v) is 4.94. The van der Waals surface area contributed by atoms with Crippen LogP contribution in [0.4, 0.5) is 0 Å². The first kappa shape index (κ1) is 31.4. The lowest BCUT2D eigenvalue weighted by atomic mass is 10.2. The van der Waals surface area contributed by atoms with E-state index in [4.69, 9.17) is 32.9 Å². The van der Waals surface area contributed by atoms with Gasteiger partial charge in [-0.2, -0.15) is 0 Å². The normalized spacial score (nSPS) is 19.6. The van der Waals surface area contributed by atoms with E-state index in [1.54, 1.807) is 18.8 Å². The maximum Gasteiger partial charge on any atom is 0.345 e. The van der Waals surface area contributed by atoms with E-state index in [1.165, 1.54) is 0 Å². The summed E-state index contributed by atoms with van der Waals surface area (Å²) >= 11 is 0. The Hall–Kier alpha value is -0.620. The molecular weight excluding hydrogens is 467 g/mol. The monoisotopic (exact) mass is 512 g/mol. The zero-order valence-electron chi connectivity index (χ0n) is 21.6. The second kappa shape index (κ2) is 17.8. The molecule has 0 aromatic rings. The Morgan fingerprint density at radius 1 is 0.853 bits per heavy atom. The van der Waals surface area contributed by atoms with Gasteiger partial charge in [0.2, 0.25) is 0 Å². The van der Waals surface area contributed by atoms with Crippen molar-refractivity contribution in [1.82, 2.24) is 9.34 Å². The molecule has 11 nitrogen and oxygen atoms in total. The molecule has 202 valence electrons. The van der Waals surface area contributed by atoms with Crippen molar-refractivity contribution in [3.05, 3.63) is 0 Å². The third-order valence-corrected chi connectivity index (χ3v) is 7.18. The van der Waals surface area contributed by atoms with Gasteiger partial charge in [0.15, 0.2) is 0 Å². The van der Waals surface area contributed by atoms with Crippen LogP contribution in [0.25, 0.3) is 0 Å². The molecular formula is C22H45N2O9P. The van der Waals surface area contributed by atoms with Crippen LogP contribution in [0, 0.1) is 0 Å². The molecule has 0 N–H and O–H groups in total. The lowest BCUT2D eigenvalue weighted by Crippen LogP contribution is -2.36. The van der Waals surface area contributed by atoms with Gasteiger partial charge in [0, 0.05) is 13.1 Å². The zero-order valence-corrected chi connectivity index (χ0v) is 22.5. The van der Waals surface area contributed by atoms with Crippen molar-refractivity contribution >= 4 is 13.6 Å². The quantitative estimate of drug-likeness (QED) is 0.144. The Kier molecular flexibility index (Phi) is 16.4. The first-order valence-electron chi connectivity index (χ1n) is 11.9. The Morgan fingerprint density at radius 3 is 1.79 bits per heavy atom. The van der Waals surface area contributed by atoms with E-state index in [1.807, 2.05) is 25.4 Å². The van der Waals surface area contributed by atoms with Gasteiger partial charge in [0.25, 0.3) is 0 Å². The predicted molar refractivity (Wildman–Crippen MR) is 128 cm³/mol. The smallest absolute Gasteiger partial charge is 0.345 e. The number of carbonyl (C=O) groups is 1. The van der Waals surface area contributed by atoms with Gasteiger partial charge in [-0.1, -0.05) is 0 Å². The molecule has 1 aliphatic rings. The second-order valence-corrected chi connectivity index (χ2v) is 11.5. The highest BCUT2D eigenvalue weighted by atomic mass is 31.2. The standard InChI is InChI=1S/C22H45N2O9P/c1-22(2,3)33-21(25)7-11-27-13-15-29-17-19-31-20-18-30-16-14-28-12-9-24-8-6-10-32-34(24,26)23(4)5/h6-20H2,1-5H3. The molecule has 0 aliphatic carbocycles. The molecule has 1 atom stereocenters. The maximum absolute atomic E-state index is 12.8. The van der Waals surface area contributed by atoms with Gasteiger partial charge < -0.3 is 32.9 Å². The van der Waals surface area contributed by atoms with E-state index in [0.717, 1.165) is 13.0 Å². The molecule has 1 rings (SSSR count). The highest BCUT2D eigenvalue weighted by Crippen LogP contribution is 2.54. The summed E-state index contributed by atoms with van der Waals surface area (Å²) in [6, 6.07) is 0. The molecule has 0 aromatic carbocycles. The second-order valence-electron chi connectivity index (χ2n) is 8.88. The summed E-state index contributed by atoms with van der Waals surface area (Å²) in [6.45, 7) is 11.9. The van der Waals surface area contributed by atoms with Crippen LogP contribution in [0.3, 0.4) is 0 Å². The third-order valence-electron chi connectivity index (χ3n) is 4.54. The maximum atomic E-state index is 12.8. The van der Waals surface area contributed by atoms with Crippen LogP contribution < -0.4 is 0 Å². The van der Waals surface area contributed by atoms with Gasteiger partial charge in [0.1, 0.15) is 5.60 Å². The number of esters is 1. The van der Waals surface area contributed by atoms with E-state index in [9.17, 15) is 9.36 Å². The number of rotatable bonds is 19. The molecule has 0 aromatic heterocycles. The summed E-state index contributed by atoms with van der Waals surface area (Å²) in [7, 11) is 0.652. The molecule has 0 amide bonds. The van der Waals surface area contributed by atoms with Crippen LogP contribution in [-0.4, -0.2) is 121 Å². The molecule has 1 aliphatic heterocycles. The molecule has 1 unspecified atom stereocenters. The highest BCUT2D eigenvalue weighted by molar-refractivity contribution is 7.53. The molecule has 12 heteroatoms. The Balaban J connectivity index is 1.83. The van der Waals surface area contributed by atoms with E-state index < -0.39 is 13.3 Å².